The first-order chi connectivity index (χ1) is 8.51. The number of nitrogens with one attached hydrogen (secondary N) is 1. The molecule has 1 aromatic carbocycles. The Bertz CT molecular complexity index is 424. The largest absolute Gasteiger partial charge is 0.354 e. The number of hydrogen-bond donors (Lipinski definition) is 1. The van der Waals surface area contributed by atoms with Crippen LogP contribution in [-0.2, 0) is 9.47 Å². The Morgan fingerprint density at radius 1 is 1.39 bits per heavy atom. The number of methoxy groups -OCH3 is 2. The van der Waals surface area contributed by atoms with Crippen molar-refractivity contribution >= 4 is 17.5 Å². The summed E-state index contributed by atoms with van der Waals surface area (Å²) in [4.78, 5) is 11.9. The van der Waals surface area contributed by atoms with Crippen molar-refractivity contribution in [3.8, 4) is 0 Å². The van der Waals surface area contributed by atoms with E-state index in [1.807, 2.05) is 0 Å². The van der Waals surface area contributed by atoms with Crippen LogP contribution in [0.5, 0.6) is 0 Å². The fourth-order valence-electron chi connectivity index (χ4n) is 1.54. The smallest absolute Gasteiger partial charge is 0.253 e. The summed E-state index contributed by atoms with van der Waals surface area (Å²) in [6.45, 7) is 1.71. The van der Waals surface area contributed by atoms with E-state index in [0.29, 0.717) is 0 Å². The first kappa shape index (κ1) is 14.9. The van der Waals surface area contributed by atoms with Crippen molar-refractivity contribution in [1.29, 1.82) is 0 Å². The normalized spacial score (nSPS) is 12.6. The highest BCUT2D eigenvalue weighted by Gasteiger charge is 2.20. The molecule has 1 aromatic rings. The lowest BCUT2D eigenvalue weighted by Crippen LogP contribution is -2.43. The summed E-state index contributed by atoms with van der Waals surface area (Å²) < 4.78 is 23.2. The van der Waals surface area contributed by atoms with Gasteiger partial charge in [-0.15, -0.1) is 0 Å². The summed E-state index contributed by atoms with van der Waals surface area (Å²) in [5, 5.41) is 2.43. The van der Waals surface area contributed by atoms with Crippen molar-refractivity contribution in [1.82, 2.24) is 5.32 Å². The van der Waals surface area contributed by atoms with Crippen LogP contribution in [0.2, 0.25) is 5.02 Å². The molecule has 1 amide bonds. The van der Waals surface area contributed by atoms with Crippen LogP contribution in [0, 0.1) is 5.82 Å². The minimum Gasteiger partial charge on any atom is -0.354 e. The highest BCUT2D eigenvalue weighted by molar-refractivity contribution is 6.34. The Balaban J connectivity index is 2.79. The third-order valence-corrected chi connectivity index (χ3v) is 2.81. The maximum atomic E-state index is 13.2. The van der Waals surface area contributed by atoms with Crippen LogP contribution in [0.3, 0.4) is 0 Å². The van der Waals surface area contributed by atoms with Crippen molar-refractivity contribution in [2.45, 2.75) is 19.3 Å². The van der Waals surface area contributed by atoms with Crippen LogP contribution in [0.15, 0.2) is 18.2 Å². The lowest BCUT2D eigenvalue weighted by molar-refractivity contribution is -0.117. The molecule has 1 unspecified atom stereocenters. The van der Waals surface area contributed by atoms with Gasteiger partial charge in [-0.05, 0) is 19.1 Å². The molecule has 0 aliphatic heterocycles. The van der Waals surface area contributed by atoms with Gasteiger partial charge >= 0.3 is 0 Å². The van der Waals surface area contributed by atoms with E-state index < -0.39 is 24.1 Å². The first-order valence-corrected chi connectivity index (χ1v) is 5.69. The molecule has 0 spiro atoms. The van der Waals surface area contributed by atoms with Crippen LogP contribution in [0.25, 0.3) is 0 Å². The standard InChI is InChI=1S/C12H15ClFNO3/c1-7(12(17-2)18-3)15-11(16)8-5-4-6-9(14)10(8)13/h4-7,12H,1-3H3,(H,15,16). The molecule has 100 valence electrons. The van der Waals surface area contributed by atoms with Crippen LogP contribution in [0.1, 0.15) is 17.3 Å². The second-order valence-electron chi connectivity index (χ2n) is 3.70. The molecule has 1 atom stereocenters. The topological polar surface area (TPSA) is 47.6 Å². The number of hydrogen-bond acceptors (Lipinski definition) is 3. The molecule has 0 radical (unpaired) electrons. The summed E-state index contributed by atoms with van der Waals surface area (Å²) in [6.07, 6.45) is -0.582. The van der Waals surface area contributed by atoms with Gasteiger partial charge in [0, 0.05) is 14.2 Å². The molecule has 1 rings (SSSR count). The van der Waals surface area contributed by atoms with Gasteiger partial charge in [0.05, 0.1) is 16.6 Å². The number of amides is 1. The molecule has 0 bridgehead atoms. The van der Waals surface area contributed by atoms with E-state index in [9.17, 15) is 9.18 Å². The Morgan fingerprint density at radius 3 is 2.56 bits per heavy atom. The first-order valence-electron chi connectivity index (χ1n) is 5.31. The third kappa shape index (κ3) is 3.41. The van der Waals surface area contributed by atoms with Gasteiger partial charge in [0.2, 0.25) is 0 Å². The zero-order valence-corrected chi connectivity index (χ0v) is 11.1. The highest BCUT2D eigenvalue weighted by Crippen LogP contribution is 2.19. The Hall–Kier alpha value is -1.17. The summed E-state index contributed by atoms with van der Waals surface area (Å²) in [6, 6.07) is 3.66. The number of rotatable bonds is 5. The van der Waals surface area contributed by atoms with Crippen molar-refractivity contribution < 1.29 is 18.7 Å². The van der Waals surface area contributed by atoms with Gasteiger partial charge in [-0.25, -0.2) is 4.39 Å². The Labute approximate surface area is 110 Å². The van der Waals surface area contributed by atoms with Crippen LogP contribution < -0.4 is 5.32 Å². The van der Waals surface area contributed by atoms with Crippen molar-refractivity contribution in [3.63, 3.8) is 0 Å². The number of carbonyl (C=O) groups excluding carboxylic acids is 1. The number of halogens is 2. The van der Waals surface area contributed by atoms with Crippen LogP contribution in [0.4, 0.5) is 4.39 Å². The van der Waals surface area contributed by atoms with E-state index in [1.54, 1.807) is 6.92 Å². The fourth-order valence-corrected chi connectivity index (χ4v) is 1.75. The maximum absolute atomic E-state index is 13.2. The van der Waals surface area contributed by atoms with Crippen molar-refractivity contribution in [2.24, 2.45) is 0 Å². The van der Waals surface area contributed by atoms with Gasteiger partial charge in [0.15, 0.2) is 6.29 Å². The Kier molecular flexibility index (Phi) is 5.53. The summed E-state index contributed by atoms with van der Waals surface area (Å²) >= 11 is 5.72. The van der Waals surface area contributed by atoms with Gasteiger partial charge in [0.1, 0.15) is 5.82 Å². The molecule has 18 heavy (non-hydrogen) atoms. The molecule has 0 saturated carbocycles. The minimum atomic E-state index is -0.632. The third-order valence-electron chi connectivity index (χ3n) is 2.43. The number of benzene rings is 1. The molecule has 0 saturated heterocycles. The fraction of sp³-hybridized carbons (Fsp3) is 0.417. The van der Waals surface area contributed by atoms with Gasteiger partial charge in [-0.2, -0.15) is 0 Å². The van der Waals surface area contributed by atoms with E-state index in [1.165, 1.54) is 32.4 Å². The molecule has 0 aliphatic carbocycles. The minimum absolute atomic E-state index is 0.0782. The van der Waals surface area contributed by atoms with E-state index >= 15 is 0 Å². The molecule has 1 N–H and O–H groups in total. The summed E-state index contributed by atoms with van der Waals surface area (Å²) in [5.74, 6) is -1.11. The number of carbonyl (C=O) groups is 1. The van der Waals surface area contributed by atoms with Gasteiger partial charge < -0.3 is 14.8 Å². The molecule has 4 nitrogen and oxygen atoms in total. The average molecular weight is 276 g/mol. The second-order valence-corrected chi connectivity index (χ2v) is 4.08. The van der Waals surface area contributed by atoms with Gasteiger partial charge in [-0.1, -0.05) is 17.7 Å². The molecule has 0 fully saturated rings. The predicted octanol–water partition coefficient (Wildman–Crippen LogP) is 2.22. The summed E-state index contributed by atoms with van der Waals surface area (Å²) in [5.41, 5.74) is 0.0782. The molecular weight excluding hydrogens is 261 g/mol. The van der Waals surface area contributed by atoms with Gasteiger partial charge in [0.25, 0.3) is 5.91 Å². The average Bonchev–Trinajstić information content (AvgIpc) is 2.34. The zero-order chi connectivity index (χ0) is 13.7. The van der Waals surface area contributed by atoms with Crippen LogP contribution >= 0.6 is 11.6 Å². The summed E-state index contributed by atoms with van der Waals surface area (Å²) in [7, 11) is 2.93. The van der Waals surface area contributed by atoms with Crippen molar-refractivity contribution in [2.75, 3.05) is 14.2 Å². The van der Waals surface area contributed by atoms with E-state index in [0.717, 1.165) is 0 Å². The lowest BCUT2D eigenvalue weighted by atomic mass is 10.2. The predicted molar refractivity (Wildman–Crippen MR) is 66.1 cm³/mol. The molecule has 0 heterocycles. The zero-order valence-electron chi connectivity index (χ0n) is 10.4. The van der Waals surface area contributed by atoms with E-state index in [-0.39, 0.29) is 10.6 Å². The van der Waals surface area contributed by atoms with Gasteiger partial charge in [-0.3, -0.25) is 4.79 Å². The molecule has 0 aromatic heterocycles. The highest BCUT2D eigenvalue weighted by atomic mass is 35.5. The number of ether oxygens (including phenoxy) is 2. The molecule has 0 aliphatic rings. The lowest BCUT2D eigenvalue weighted by Gasteiger charge is -2.22. The quantitative estimate of drug-likeness (QED) is 0.838. The molecule has 6 heteroatoms. The molecular formula is C12H15ClFNO3. The van der Waals surface area contributed by atoms with Crippen LogP contribution in [-0.4, -0.2) is 32.5 Å². The van der Waals surface area contributed by atoms with Crippen molar-refractivity contribution in [3.05, 3.63) is 34.6 Å². The monoisotopic (exact) mass is 275 g/mol. The second kappa shape index (κ2) is 6.68. The Morgan fingerprint density at radius 2 is 2.00 bits per heavy atom. The van der Waals surface area contributed by atoms with E-state index in [4.69, 9.17) is 21.1 Å². The van der Waals surface area contributed by atoms with E-state index in [2.05, 4.69) is 5.32 Å². The maximum Gasteiger partial charge on any atom is 0.253 e. The SMILES string of the molecule is COC(OC)C(C)NC(=O)c1cccc(F)c1Cl.